The van der Waals surface area contributed by atoms with Gasteiger partial charge in [0.25, 0.3) is 0 Å². The normalized spacial score (nSPS) is 9.62. The third kappa shape index (κ3) is 3.91. The van der Waals surface area contributed by atoms with Crippen molar-refractivity contribution in [1.29, 1.82) is 0 Å². The van der Waals surface area contributed by atoms with E-state index < -0.39 is 30.2 Å². The molecule has 3 N–H and O–H groups in total. The van der Waals surface area contributed by atoms with Crippen LogP contribution in [-0.2, 0) is 4.79 Å². The standard InChI is InChI=1S/C9H8F2N2O3/c10-5-1-6(11)3-7(2-5)13-9(16)12-4-8(14)15/h1-3H,4H2,(H,14,15)(H2,12,13,16). The van der Waals surface area contributed by atoms with E-state index in [-0.39, 0.29) is 5.69 Å². The molecule has 7 heteroatoms. The highest BCUT2D eigenvalue weighted by atomic mass is 19.1. The minimum absolute atomic E-state index is 0.0969. The molecule has 0 fully saturated rings. The molecule has 1 rings (SSSR count). The van der Waals surface area contributed by atoms with Gasteiger partial charge in [-0.3, -0.25) is 4.79 Å². The van der Waals surface area contributed by atoms with Gasteiger partial charge in [0.15, 0.2) is 0 Å². The number of urea groups is 1. The van der Waals surface area contributed by atoms with E-state index in [1.54, 1.807) is 0 Å². The predicted octanol–water partition coefficient (Wildman–Crippen LogP) is 1.17. The first-order valence-corrected chi connectivity index (χ1v) is 4.20. The molecule has 5 nitrogen and oxygen atoms in total. The molecule has 0 radical (unpaired) electrons. The Balaban J connectivity index is 2.59. The second-order valence-corrected chi connectivity index (χ2v) is 2.86. The maximum atomic E-state index is 12.7. The lowest BCUT2D eigenvalue weighted by atomic mass is 10.3. The lowest BCUT2D eigenvalue weighted by Crippen LogP contribution is -2.33. The smallest absolute Gasteiger partial charge is 0.323 e. The van der Waals surface area contributed by atoms with Crippen molar-refractivity contribution < 1.29 is 23.5 Å². The Kier molecular flexibility index (Phi) is 3.76. The number of amides is 2. The second kappa shape index (κ2) is 5.06. The summed E-state index contributed by atoms with van der Waals surface area (Å²) in [6.45, 7) is -0.580. The number of benzene rings is 1. The molecule has 86 valence electrons. The number of rotatable bonds is 3. The van der Waals surface area contributed by atoms with Gasteiger partial charge in [0.05, 0.1) is 0 Å². The SMILES string of the molecule is O=C(O)CNC(=O)Nc1cc(F)cc(F)c1. The zero-order chi connectivity index (χ0) is 12.1. The topological polar surface area (TPSA) is 78.4 Å². The Morgan fingerprint density at radius 1 is 1.19 bits per heavy atom. The molecular formula is C9H8F2N2O3. The molecule has 2 amide bonds. The van der Waals surface area contributed by atoms with Gasteiger partial charge in [0.1, 0.15) is 18.2 Å². The van der Waals surface area contributed by atoms with Gasteiger partial charge >= 0.3 is 12.0 Å². The number of aliphatic carboxylic acids is 1. The maximum Gasteiger partial charge on any atom is 0.323 e. The van der Waals surface area contributed by atoms with E-state index in [0.29, 0.717) is 6.07 Å². The fourth-order valence-corrected chi connectivity index (χ4v) is 0.957. The number of carboxylic acid groups (broad SMARTS) is 1. The van der Waals surface area contributed by atoms with Crippen LogP contribution in [0.1, 0.15) is 0 Å². The fourth-order valence-electron chi connectivity index (χ4n) is 0.957. The van der Waals surface area contributed by atoms with Crippen LogP contribution in [0.2, 0.25) is 0 Å². The van der Waals surface area contributed by atoms with Crippen LogP contribution in [0, 0.1) is 11.6 Å². The molecular weight excluding hydrogens is 222 g/mol. The Morgan fingerprint density at radius 2 is 1.75 bits per heavy atom. The third-order valence-electron chi connectivity index (χ3n) is 1.52. The number of carboxylic acids is 1. The van der Waals surface area contributed by atoms with Gasteiger partial charge in [0.2, 0.25) is 0 Å². The lowest BCUT2D eigenvalue weighted by Gasteiger charge is -2.05. The van der Waals surface area contributed by atoms with Crippen LogP contribution in [0.15, 0.2) is 18.2 Å². The van der Waals surface area contributed by atoms with E-state index in [1.807, 2.05) is 5.32 Å². The Morgan fingerprint density at radius 3 is 2.25 bits per heavy atom. The van der Waals surface area contributed by atoms with Gasteiger partial charge in [-0.25, -0.2) is 13.6 Å². The van der Waals surface area contributed by atoms with E-state index in [2.05, 4.69) is 5.32 Å². The monoisotopic (exact) mass is 230 g/mol. The highest BCUT2D eigenvalue weighted by Crippen LogP contribution is 2.12. The molecule has 0 unspecified atom stereocenters. The first kappa shape index (κ1) is 11.9. The molecule has 0 saturated carbocycles. The molecule has 16 heavy (non-hydrogen) atoms. The maximum absolute atomic E-state index is 12.7. The van der Waals surface area contributed by atoms with Gasteiger partial charge < -0.3 is 15.7 Å². The molecule has 0 bridgehead atoms. The number of halogens is 2. The van der Waals surface area contributed by atoms with Crippen molar-refractivity contribution in [1.82, 2.24) is 5.32 Å². The number of carbonyl (C=O) groups excluding carboxylic acids is 1. The molecule has 0 heterocycles. The van der Waals surface area contributed by atoms with Crippen molar-refractivity contribution in [2.75, 3.05) is 11.9 Å². The number of carbonyl (C=O) groups is 2. The van der Waals surface area contributed by atoms with Gasteiger partial charge in [0, 0.05) is 11.8 Å². The lowest BCUT2D eigenvalue weighted by molar-refractivity contribution is -0.135. The summed E-state index contributed by atoms with van der Waals surface area (Å²) in [6, 6.07) is 1.61. The molecule has 1 aromatic carbocycles. The van der Waals surface area contributed by atoms with Crippen molar-refractivity contribution in [2.45, 2.75) is 0 Å². The molecule has 0 aliphatic rings. The molecule has 0 aliphatic heterocycles. The van der Waals surface area contributed by atoms with Gasteiger partial charge in [-0.15, -0.1) is 0 Å². The van der Waals surface area contributed by atoms with Crippen molar-refractivity contribution in [3.8, 4) is 0 Å². The summed E-state index contributed by atoms with van der Waals surface area (Å²) in [7, 11) is 0. The summed E-state index contributed by atoms with van der Waals surface area (Å²) in [6.07, 6.45) is 0. The minimum atomic E-state index is -1.22. The average Bonchev–Trinajstić information content (AvgIpc) is 2.12. The van der Waals surface area contributed by atoms with E-state index >= 15 is 0 Å². The predicted molar refractivity (Wildman–Crippen MR) is 51.0 cm³/mol. The summed E-state index contributed by atoms with van der Waals surface area (Å²) >= 11 is 0. The largest absolute Gasteiger partial charge is 0.480 e. The van der Waals surface area contributed by atoms with Crippen LogP contribution in [0.3, 0.4) is 0 Å². The first-order valence-electron chi connectivity index (χ1n) is 4.20. The van der Waals surface area contributed by atoms with Crippen LogP contribution in [-0.4, -0.2) is 23.7 Å². The zero-order valence-corrected chi connectivity index (χ0v) is 7.96. The van der Waals surface area contributed by atoms with Crippen molar-refractivity contribution in [2.24, 2.45) is 0 Å². The van der Waals surface area contributed by atoms with E-state index in [9.17, 15) is 18.4 Å². The third-order valence-corrected chi connectivity index (χ3v) is 1.52. The van der Waals surface area contributed by atoms with Gasteiger partial charge in [-0.1, -0.05) is 0 Å². The highest BCUT2D eigenvalue weighted by Gasteiger charge is 2.06. The minimum Gasteiger partial charge on any atom is -0.480 e. The van der Waals surface area contributed by atoms with Crippen LogP contribution in [0.4, 0.5) is 19.3 Å². The Bertz CT molecular complexity index is 403. The van der Waals surface area contributed by atoms with E-state index in [0.717, 1.165) is 12.1 Å². The molecule has 0 aromatic heterocycles. The number of hydrogen-bond donors (Lipinski definition) is 3. The number of hydrogen-bond acceptors (Lipinski definition) is 2. The van der Waals surface area contributed by atoms with Crippen LogP contribution >= 0.6 is 0 Å². The molecule has 0 atom stereocenters. The van der Waals surface area contributed by atoms with E-state index in [4.69, 9.17) is 5.11 Å². The first-order chi connectivity index (χ1) is 7.47. The number of anilines is 1. The van der Waals surface area contributed by atoms with E-state index in [1.165, 1.54) is 0 Å². The molecule has 1 aromatic rings. The van der Waals surface area contributed by atoms with Crippen LogP contribution in [0.5, 0.6) is 0 Å². The zero-order valence-electron chi connectivity index (χ0n) is 7.96. The summed E-state index contributed by atoms with van der Waals surface area (Å²) < 4.78 is 25.4. The average molecular weight is 230 g/mol. The summed E-state index contributed by atoms with van der Waals surface area (Å²) in [5.74, 6) is -2.90. The van der Waals surface area contributed by atoms with Crippen molar-refractivity contribution in [3.05, 3.63) is 29.8 Å². The highest BCUT2D eigenvalue weighted by molar-refractivity contribution is 5.91. The number of nitrogens with one attached hydrogen (secondary N) is 2. The summed E-state index contributed by atoms with van der Waals surface area (Å²) in [4.78, 5) is 21.1. The van der Waals surface area contributed by atoms with Crippen molar-refractivity contribution in [3.63, 3.8) is 0 Å². The van der Waals surface area contributed by atoms with Gasteiger partial charge in [-0.2, -0.15) is 0 Å². The van der Waals surface area contributed by atoms with Crippen LogP contribution < -0.4 is 10.6 Å². The molecule has 0 saturated heterocycles. The van der Waals surface area contributed by atoms with Crippen LogP contribution in [0.25, 0.3) is 0 Å². The second-order valence-electron chi connectivity index (χ2n) is 2.86. The molecule has 0 aliphatic carbocycles. The fraction of sp³-hybridized carbons (Fsp3) is 0.111. The Labute approximate surface area is 89.1 Å². The molecule has 0 spiro atoms. The summed E-state index contributed by atoms with van der Waals surface area (Å²) in [5, 5.41) is 12.3. The quantitative estimate of drug-likeness (QED) is 0.729. The Hall–Kier alpha value is -2.18. The van der Waals surface area contributed by atoms with Gasteiger partial charge in [-0.05, 0) is 12.1 Å². The van der Waals surface area contributed by atoms with Crippen molar-refractivity contribution >= 4 is 17.7 Å². The summed E-state index contributed by atoms with van der Waals surface area (Å²) in [5.41, 5.74) is -0.0969.